The fourth-order valence-corrected chi connectivity index (χ4v) is 4.41. The number of thiophene rings is 1. The quantitative estimate of drug-likeness (QED) is 0.509. The number of aromatic nitrogens is 2. The molecule has 2 aromatic heterocycles. The van der Waals surface area contributed by atoms with Crippen LogP contribution in [0.25, 0.3) is 16.3 Å². The highest BCUT2D eigenvalue weighted by Gasteiger charge is 2.36. The van der Waals surface area contributed by atoms with Gasteiger partial charge >= 0.3 is 6.03 Å². The van der Waals surface area contributed by atoms with E-state index < -0.39 is 6.04 Å². The Bertz CT molecular complexity index is 1120. The molecule has 0 saturated heterocycles. The second-order valence-electron chi connectivity index (χ2n) is 7.40. The number of methoxy groups -OCH3 is 2. The van der Waals surface area contributed by atoms with Gasteiger partial charge in [0.05, 0.1) is 30.7 Å². The predicted molar refractivity (Wildman–Crippen MR) is 123 cm³/mol. The molecule has 1 aliphatic rings. The Labute approximate surface area is 190 Å². The van der Waals surface area contributed by atoms with Gasteiger partial charge in [-0.25, -0.2) is 4.79 Å². The molecule has 0 bridgehead atoms. The van der Waals surface area contributed by atoms with Crippen LogP contribution in [0.2, 0.25) is 0 Å². The second kappa shape index (κ2) is 9.44. The monoisotopic (exact) mass is 454 g/mol. The van der Waals surface area contributed by atoms with Gasteiger partial charge in [-0.1, -0.05) is 30.6 Å². The van der Waals surface area contributed by atoms with Crippen LogP contribution in [0.1, 0.15) is 44.2 Å². The lowest BCUT2D eigenvalue weighted by Gasteiger charge is -2.35. The molecule has 0 aliphatic carbocycles. The van der Waals surface area contributed by atoms with Gasteiger partial charge in [-0.2, -0.15) is 4.98 Å². The molecule has 3 heterocycles. The first-order valence-corrected chi connectivity index (χ1v) is 11.3. The summed E-state index contributed by atoms with van der Waals surface area (Å²) in [5.74, 6) is 2.10. The summed E-state index contributed by atoms with van der Waals surface area (Å²) in [6.07, 6.45) is 1.87. The number of amides is 2. The number of carbonyl (C=O) groups is 1. The molecule has 0 saturated carbocycles. The molecule has 0 spiro atoms. The summed E-state index contributed by atoms with van der Waals surface area (Å²) in [7, 11) is 3.17. The Morgan fingerprint density at radius 3 is 2.72 bits per heavy atom. The van der Waals surface area contributed by atoms with Gasteiger partial charge in [-0.05, 0) is 42.5 Å². The number of urea groups is 1. The van der Waals surface area contributed by atoms with Crippen molar-refractivity contribution in [3.63, 3.8) is 0 Å². The molecule has 32 heavy (non-hydrogen) atoms. The Hall–Kier alpha value is -3.33. The molecular formula is C23H26N4O4S. The van der Waals surface area contributed by atoms with Crippen LogP contribution in [0.4, 0.5) is 4.79 Å². The zero-order chi connectivity index (χ0) is 22.7. The Morgan fingerprint density at radius 2 is 2.03 bits per heavy atom. The smallest absolute Gasteiger partial charge is 0.322 e. The normalized spacial score (nSPS) is 16.3. The number of hydrogen-bond donors (Lipinski definition) is 1. The molecule has 8 nitrogen and oxygen atoms in total. The topological polar surface area (TPSA) is 89.7 Å². The maximum absolute atomic E-state index is 13.0. The predicted octanol–water partition coefficient (Wildman–Crippen LogP) is 5.11. The Balaban J connectivity index is 1.81. The van der Waals surface area contributed by atoms with E-state index in [0.717, 1.165) is 34.6 Å². The van der Waals surface area contributed by atoms with Gasteiger partial charge in [0.1, 0.15) is 0 Å². The van der Waals surface area contributed by atoms with Crippen LogP contribution < -0.4 is 14.8 Å². The van der Waals surface area contributed by atoms with Gasteiger partial charge in [-0.15, -0.1) is 11.3 Å². The van der Waals surface area contributed by atoms with Gasteiger partial charge in [0.15, 0.2) is 11.5 Å². The second-order valence-corrected chi connectivity index (χ2v) is 8.35. The SMILES string of the molecule is CCCCN1C(=O)NC(c2ccc(OC)c(OC)c2)C(c2nc(-c3cccs3)no2)=C1C. The van der Waals surface area contributed by atoms with Crippen molar-refractivity contribution < 1.29 is 18.8 Å². The molecule has 1 N–H and O–H groups in total. The summed E-state index contributed by atoms with van der Waals surface area (Å²) in [6.45, 7) is 4.63. The summed E-state index contributed by atoms with van der Waals surface area (Å²) >= 11 is 1.54. The van der Waals surface area contributed by atoms with Crippen LogP contribution in [-0.2, 0) is 0 Å². The maximum Gasteiger partial charge on any atom is 0.322 e. The van der Waals surface area contributed by atoms with E-state index in [4.69, 9.17) is 14.0 Å². The molecular weight excluding hydrogens is 428 g/mol. The zero-order valence-corrected chi connectivity index (χ0v) is 19.4. The van der Waals surface area contributed by atoms with Crippen molar-refractivity contribution in [3.05, 3.63) is 52.9 Å². The number of unbranched alkanes of at least 4 members (excludes halogenated alkanes) is 1. The first kappa shape index (κ1) is 21.9. The molecule has 4 rings (SSSR count). The van der Waals surface area contributed by atoms with Crippen molar-refractivity contribution in [2.75, 3.05) is 20.8 Å². The van der Waals surface area contributed by atoms with E-state index in [1.807, 2.05) is 42.6 Å². The van der Waals surface area contributed by atoms with Gasteiger partial charge in [0, 0.05) is 12.2 Å². The molecule has 2 amide bonds. The zero-order valence-electron chi connectivity index (χ0n) is 18.5. The van der Waals surface area contributed by atoms with E-state index in [1.54, 1.807) is 30.5 Å². The summed E-state index contributed by atoms with van der Waals surface area (Å²) < 4.78 is 16.5. The number of nitrogens with zero attached hydrogens (tertiary/aromatic N) is 3. The molecule has 168 valence electrons. The average Bonchev–Trinajstić information content (AvgIpc) is 3.50. The molecule has 1 aliphatic heterocycles. The molecule has 3 aromatic rings. The van der Waals surface area contributed by atoms with Crippen molar-refractivity contribution in [2.45, 2.75) is 32.7 Å². The van der Waals surface area contributed by atoms with Crippen LogP contribution in [-0.4, -0.2) is 41.8 Å². The Morgan fingerprint density at radius 1 is 1.22 bits per heavy atom. The third-order valence-corrected chi connectivity index (χ3v) is 6.34. The van der Waals surface area contributed by atoms with Crippen LogP contribution in [0.5, 0.6) is 11.5 Å². The minimum Gasteiger partial charge on any atom is -0.493 e. The minimum atomic E-state index is -0.475. The molecule has 1 aromatic carbocycles. The summed E-state index contributed by atoms with van der Waals surface area (Å²) in [4.78, 5) is 20.3. The number of hydrogen-bond acceptors (Lipinski definition) is 7. The number of benzene rings is 1. The number of nitrogens with one attached hydrogen (secondary N) is 1. The van der Waals surface area contributed by atoms with E-state index in [-0.39, 0.29) is 6.03 Å². The third kappa shape index (κ3) is 4.08. The van der Waals surface area contributed by atoms with Gasteiger partial charge in [0.25, 0.3) is 5.89 Å². The minimum absolute atomic E-state index is 0.155. The first-order valence-electron chi connectivity index (χ1n) is 10.5. The molecule has 1 atom stereocenters. The number of allylic oxidation sites excluding steroid dienone is 1. The summed E-state index contributed by atoms with van der Waals surface area (Å²) in [5.41, 5.74) is 2.39. The molecule has 9 heteroatoms. The molecule has 0 fully saturated rings. The Kier molecular flexibility index (Phi) is 6.45. The van der Waals surface area contributed by atoms with Gasteiger partial charge in [-0.3, -0.25) is 4.90 Å². The summed E-state index contributed by atoms with van der Waals surface area (Å²) in [5, 5.41) is 9.26. The molecule has 1 unspecified atom stereocenters. The highest BCUT2D eigenvalue weighted by atomic mass is 32.1. The third-order valence-electron chi connectivity index (χ3n) is 5.47. The fourth-order valence-electron chi connectivity index (χ4n) is 3.76. The number of carbonyl (C=O) groups excluding carboxylic acids is 1. The van der Waals surface area contributed by atoms with E-state index in [2.05, 4.69) is 22.4 Å². The fraction of sp³-hybridized carbons (Fsp3) is 0.348. The van der Waals surface area contributed by atoms with Gasteiger partial charge in [0.2, 0.25) is 5.82 Å². The van der Waals surface area contributed by atoms with Crippen molar-refractivity contribution in [3.8, 4) is 22.2 Å². The largest absolute Gasteiger partial charge is 0.493 e. The van der Waals surface area contributed by atoms with Crippen molar-refractivity contribution in [2.24, 2.45) is 0 Å². The highest BCUT2D eigenvalue weighted by Crippen LogP contribution is 2.40. The number of ether oxygens (including phenoxy) is 2. The lowest BCUT2D eigenvalue weighted by Crippen LogP contribution is -2.46. The van der Waals surface area contributed by atoms with Gasteiger partial charge < -0.3 is 19.3 Å². The van der Waals surface area contributed by atoms with Crippen LogP contribution >= 0.6 is 11.3 Å². The van der Waals surface area contributed by atoms with Crippen molar-refractivity contribution in [1.82, 2.24) is 20.4 Å². The van der Waals surface area contributed by atoms with E-state index in [0.29, 0.717) is 29.8 Å². The molecule has 0 radical (unpaired) electrons. The van der Waals surface area contributed by atoms with Crippen molar-refractivity contribution >= 4 is 22.9 Å². The van der Waals surface area contributed by atoms with Crippen LogP contribution in [0.3, 0.4) is 0 Å². The maximum atomic E-state index is 13.0. The van der Waals surface area contributed by atoms with E-state index in [1.165, 1.54) is 0 Å². The first-order chi connectivity index (χ1) is 15.6. The van der Waals surface area contributed by atoms with Crippen molar-refractivity contribution in [1.29, 1.82) is 0 Å². The summed E-state index contributed by atoms with van der Waals surface area (Å²) in [6, 6.07) is 8.84. The van der Waals surface area contributed by atoms with Crippen LogP contribution in [0.15, 0.2) is 45.9 Å². The lowest BCUT2D eigenvalue weighted by molar-refractivity contribution is 0.204. The average molecular weight is 455 g/mol. The number of rotatable bonds is 8. The standard InChI is InChI=1S/C23H26N4O4S/c1-5-6-11-27-14(2)19(22-25-21(26-31-22)18-8-7-12-32-18)20(24-23(27)28)15-9-10-16(29-3)17(13-15)30-4/h7-10,12-13,20H,5-6,11H2,1-4H3,(H,24,28). The van der Waals surface area contributed by atoms with E-state index >= 15 is 0 Å². The van der Waals surface area contributed by atoms with E-state index in [9.17, 15) is 4.79 Å². The lowest BCUT2D eigenvalue weighted by atomic mass is 9.94. The highest BCUT2D eigenvalue weighted by molar-refractivity contribution is 7.13. The van der Waals surface area contributed by atoms with Crippen LogP contribution in [0, 0.1) is 0 Å².